The lowest BCUT2D eigenvalue weighted by Gasteiger charge is -2.29. The van der Waals surface area contributed by atoms with E-state index >= 15 is 0 Å². The summed E-state index contributed by atoms with van der Waals surface area (Å²) in [4.78, 5) is 30.6. The number of hydrogen-bond acceptors (Lipinski definition) is 5. The maximum Gasteiger partial charge on any atom is 0.407 e. The lowest BCUT2D eigenvalue weighted by atomic mass is 10.00. The van der Waals surface area contributed by atoms with Crippen molar-refractivity contribution in [2.24, 2.45) is 0 Å². The summed E-state index contributed by atoms with van der Waals surface area (Å²) in [7, 11) is 0. The van der Waals surface area contributed by atoms with Gasteiger partial charge in [0.25, 0.3) is 0 Å². The first-order valence-electron chi connectivity index (χ1n) is 15.1. The first kappa shape index (κ1) is 29.8. The standard InChI is InChI=1S/C33H43N5O4/c1-25(30-9-4-7-28-6-2-3-8-31(28)30)35-32(39)37(16-5-15-36-18-20-42-21-19-36)23-27-12-10-26(11-13-27)22-34-29-14-17-38(24-29)33(40)41/h2-4,6-13,25,29,34H,5,14-24H2,1H3,(H,35,39)(H,40,41). The highest BCUT2D eigenvalue weighted by Gasteiger charge is 2.25. The quantitative estimate of drug-likeness (QED) is 0.308. The highest BCUT2D eigenvalue weighted by molar-refractivity contribution is 5.86. The van der Waals surface area contributed by atoms with Gasteiger partial charge >= 0.3 is 12.1 Å². The van der Waals surface area contributed by atoms with Crippen LogP contribution >= 0.6 is 0 Å². The van der Waals surface area contributed by atoms with Gasteiger partial charge in [0.15, 0.2) is 0 Å². The molecule has 0 bridgehead atoms. The summed E-state index contributed by atoms with van der Waals surface area (Å²) in [5.41, 5.74) is 3.33. The molecule has 224 valence electrons. The third-order valence-corrected chi connectivity index (χ3v) is 8.37. The smallest absolute Gasteiger partial charge is 0.407 e. The van der Waals surface area contributed by atoms with Crippen LogP contribution < -0.4 is 10.6 Å². The van der Waals surface area contributed by atoms with Crippen LogP contribution in [0.1, 0.15) is 42.5 Å². The summed E-state index contributed by atoms with van der Waals surface area (Å²) in [6.07, 6.45) is 0.872. The third kappa shape index (κ3) is 8.00. The molecule has 0 spiro atoms. The Morgan fingerprint density at radius 3 is 2.50 bits per heavy atom. The monoisotopic (exact) mass is 573 g/mol. The van der Waals surface area contributed by atoms with E-state index in [1.165, 1.54) is 10.3 Å². The summed E-state index contributed by atoms with van der Waals surface area (Å²) < 4.78 is 5.48. The number of carbonyl (C=O) groups excluding carboxylic acids is 1. The number of carboxylic acid groups (broad SMARTS) is 1. The number of nitrogens with zero attached hydrogens (tertiary/aromatic N) is 3. The van der Waals surface area contributed by atoms with E-state index in [-0.39, 0.29) is 18.1 Å². The van der Waals surface area contributed by atoms with Crippen LogP contribution in [0.25, 0.3) is 10.8 Å². The van der Waals surface area contributed by atoms with Crippen molar-refractivity contribution in [3.8, 4) is 0 Å². The Morgan fingerprint density at radius 1 is 1.00 bits per heavy atom. The highest BCUT2D eigenvalue weighted by Crippen LogP contribution is 2.24. The average molecular weight is 574 g/mol. The molecule has 3 aromatic rings. The number of nitrogens with one attached hydrogen (secondary N) is 2. The molecule has 2 aliphatic heterocycles. The zero-order valence-corrected chi connectivity index (χ0v) is 24.5. The van der Waals surface area contributed by atoms with Crippen molar-refractivity contribution in [3.05, 3.63) is 83.4 Å². The van der Waals surface area contributed by atoms with Gasteiger partial charge in [-0.15, -0.1) is 0 Å². The molecule has 3 aromatic carbocycles. The molecule has 9 nitrogen and oxygen atoms in total. The molecule has 2 unspecified atom stereocenters. The molecular formula is C33H43N5O4. The van der Waals surface area contributed by atoms with Gasteiger partial charge in [-0.1, -0.05) is 66.7 Å². The number of ether oxygens (including phenoxy) is 1. The Balaban J connectivity index is 1.20. The van der Waals surface area contributed by atoms with Crippen LogP contribution in [0.2, 0.25) is 0 Å². The van der Waals surface area contributed by atoms with Crippen LogP contribution in [0.15, 0.2) is 66.7 Å². The fraction of sp³-hybridized carbons (Fsp3) is 0.455. The number of urea groups is 1. The molecule has 2 aliphatic rings. The summed E-state index contributed by atoms with van der Waals surface area (Å²) in [5.74, 6) is 0. The number of benzene rings is 3. The van der Waals surface area contributed by atoms with Gasteiger partial charge in [-0.25, -0.2) is 9.59 Å². The number of hydrogen-bond donors (Lipinski definition) is 3. The molecule has 2 fully saturated rings. The maximum absolute atomic E-state index is 13.7. The minimum atomic E-state index is -0.853. The Kier molecular flexibility index (Phi) is 10.3. The Morgan fingerprint density at radius 2 is 1.74 bits per heavy atom. The van der Waals surface area contributed by atoms with Gasteiger partial charge in [-0.3, -0.25) is 4.90 Å². The van der Waals surface area contributed by atoms with Crippen molar-refractivity contribution in [2.75, 3.05) is 52.5 Å². The van der Waals surface area contributed by atoms with Crippen molar-refractivity contribution < 1.29 is 19.4 Å². The van der Waals surface area contributed by atoms with Crippen LogP contribution in [0, 0.1) is 0 Å². The van der Waals surface area contributed by atoms with Gasteiger partial charge in [-0.2, -0.15) is 0 Å². The fourth-order valence-corrected chi connectivity index (χ4v) is 5.89. The first-order chi connectivity index (χ1) is 20.5. The van der Waals surface area contributed by atoms with Crippen LogP contribution in [-0.4, -0.2) is 90.5 Å². The Labute approximate surface area is 248 Å². The molecule has 9 heteroatoms. The number of amides is 3. The van der Waals surface area contributed by atoms with Crippen molar-refractivity contribution in [2.45, 2.75) is 44.9 Å². The Bertz CT molecular complexity index is 1320. The molecule has 3 N–H and O–H groups in total. The van der Waals surface area contributed by atoms with Gasteiger partial charge < -0.3 is 30.3 Å². The molecule has 0 aliphatic carbocycles. The SMILES string of the molecule is CC(NC(=O)N(CCCN1CCOCC1)Cc1ccc(CNC2CCN(C(=O)O)C2)cc1)c1cccc2ccccc12. The third-order valence-electron chi connectivity index (χ3n) is 8.37. The number of fused-ring (bicyclic) bond motifs is 1. The van der Waals surface area contributed by atoms with Gasteiger partial charge in [0.1, 0.15) is 0 Å². The number of rotatable bonds is 11. The van der Waals surface area contributed by atoms with Gasteiger partial charge in [0.05, 0.1) is 19.3 Å². The van der Waals surface area contributed by atoms with E-state index < -0.39 is 6.09 Å². The molecular weight excluding hydrogens is 530 g/mol. The molecule has 2 saturated heterocycles. The second-order valence-electron chi connectivity index (χ2n) is 11.4. The minimum absolute atomic E-state index is 0.0626. The van der Waals surface area contributed by atoms with Crippen molar-refractivity contribution >= 4 is 22.9 Å². The second kappa shape index (κ2) is 14.5. The largest absolute Gasteiger partial charge is 0.465 e. The van der Waals surface area contributed by atoms with E-state index in [2.05, 4.69) is 64.1 Å². The minimum Gasteiger partial charge on any atom is -0.465 e. The molecule has 0 radical (unpaired) electrons. The lowest BCUT2D eigenvalue weighted by molar-refractivity contribution is 0.0364. The molecule has 2 atom stereocenters. The zero-order chi connectivity index (χ0) is 29.3. The molecule has 3 amide bonds. The van der Waals surface area contributed by atoms with Crippen molar-refractivity contribution in [1.29, 1.82) is 0 Å². The fourth-order valence-electron chi connectivity index (χ4n) is 5.89. The van der Waals surface area contributed by atoms with Gasteiger partial charge in [0.2, 0.25) is 0 Å². The molecule has 0 saturated carbocycles. The van der Waals surface area contributed by atoms with E-state index in [0.717, 1.165) is 67.8 Å². The number of carbonyl (C=O) groups is 2. The summed E-state index contributed by atoms with van der Waals surface area (Å²) in [6.45, 7) is 9.39. The van der Waals surface area contributed by atoms with Crippen molar-refractivity contribution in [1.82, 2.24) is 25.3 Å². The van der Waals surface area contributed by atoms with Crippen LogP contribution in [-0.2, 0) is 17.8 Å². The molecule has 5 rings (SSSR count). The van der Waals surface area contributed by atoms with Crippen LogP contribution in [0.5, 0.6) is 0 Å². The van der Waals surface area contributed by atoms with E-state index in [1.807, 2.05) is 30.0 Å². The van der Waals surface area contributed by atoms with E-state index in [0.29, 0.717) is 32.7 Å². The summed E-state index contributed by atoms with van der Waals surface area (Å²) >= 11 is 0. The van der Waals surface area contributed by atoms with Gasteiger partial charge in [-0.05, 0) is 47.2 Å². The normalized spacial score (nSPS) is 18.2. The van der Waals surface area contributed by atoms with E-state index in [1.54, 1.807) is 0 Å². The van der Waals surface area contributed by atoms with Crippen molar-refractivity contribution in [3.63, 3.8) is 0 Å². The van der Waals surface area contributed by atoms with Crippen LogP contribution in [0.3, 0.4) is 0 Å². The predicted molar refractivity (Wildman–Crippen MR) is 164 cm³/mol. The first-order valence-corrected chi connectivity index (χ1v) is 15.1. The van der Waals surface area contributed by atoms with Crippen LogP contribution in [0.4, 0.5) is 9.59 Å². The molecule has 42 heavy (non-hydrogen) atoms. The second-order valence-corrected chi connectivity index (χ2v) is 11.4. The van der Waals surface area contributed by atoms with E-state index in [9.17, 15) is 14.7 Å². The molecule has 2 heterocycles. The maximum atomic E-state index is 13.7. The Hall–Kier alpha value is -3.66. The van der Waals surface area contributed by atoms with E-state index in [4.69, 9.17) is 4.74 Å². The number of morpholine rings is 1. The zero-order valence-electron chi connectivity index (χ0n) is 24.5. The number of likely N-dealkylation sites (tertiary alicyclic amines) is 1. The lowest BCUT2D eigenvalue weighted by Crippen LogP contribution is -2.43. The van der Waals surface area contributed by atoms with Gasteiger partial charge in [0, 0.05) is 58.4 Å². The topological polar surface area (TPSA) is 97.4 Å². The summed E-state index contributed by atoms with van der Waals surface area (Å²) in [5, 5.41) is 18.3. The average Bonchev–Trinajstić information content (AvgIpc) is 3.50. The summed E-state index contributed by atoms with van der Waals surface area (Å²) in [6, 6.07) is 22.9. The molecule has 0 aromatic heterocycles. The highest BCUT2D eigenvalue weighted by atomic mass is 16.5. The predicted octanol–water partition coefficient (Wildman–Crippen LogP) is 4.68.